The van der Waals surface area contributed by atoms with Crippen LogP contribution in [0.25, 0.3) is 0 Å². The van der Waals surface area contributed by atoms with Gasteiger partial charge < -0.3 is 5.11 Å². The van der Waals surface area contributed by atoms with Crippen LogP contribution < -0.4 is 0 Å². The smallest absolute Gasteiger partial charge is 0.281 e. The zero-order chi connectivity index (χ0) is 16.7. The fourth-order valence-electron chi connectivity index (χ4n) is 3.48. The highest BCUT2D eigenvalue weighted by molar-refractivity contribution is 7.86. The second kappa shape index (κ2) is 6.14. The minimum Gasteiger partial charge on any atom is -0.387 e. The van der Waals surface area contributed by atoms with Crippen LogP contribution in [0.15, 0.2) is 24.3 Å². The van der Waals surface area contributed by atoms with Crippen molar-refractivity contribution in [3.05, 3.63) is 35.4 Å². The van der Waals surface area contributed by atoms with Crippen LogP contribution in [0.4, 0.5) is 0 Å². The molecular formula is C16H25N3O3S. The lowest BCUT2D eigenvalue weighted by molar-refractivity contribution is 0.0124. The molecule has 1 fully saturated rings. The average Bonchev–Trinajstić information content (AvgIpc) is 2.89. The van der Waals surface area contributed by atoms with Crippen LogP contribution in [0.5, 0.6) is 0 Å². The van der Waals surface area contributed by atoms with Gasteiger partial charge in [0.1, 0.15) is 0 Å². The Labute approximate surface area is 138 Å². The van der Waals surface area contributed by atoms with E-state index >= 15 is 0 Å². The van der Waals surface area contributed by atoms with Crippen molar-refractivity contribution in [2.45, 2.75) is 25.0 Å². The highest BCUT2D eigenvalue weighted by Gasteiger charge is 2.43. The summed E-state index contributed by atoms with van der Waals surface area (Å²) in [6.45, 7) is 2.78. The highest BCUT2D eigenvalue weighted by Crippen LogP contribution is 2.27. The molecule has 1 N–H and O–H groups in total. The van der Waals surface area contributed by atoms with Crippen LogP contribution in [-0.2, 0) is 23.2 Å². The van der Waals surface area contributed by atoms with Crippen molar-refractivity contribution in [3.8, 4) is 0 Å². The normalized spacial score (nSPS) is 26.6. The third kappa shape index (κ3) is 3.44. The lowest BCUT2D eigenvalue weighted by atomic mass is 9.97. The van der Waals surface area contributed by atoms with Gasteiger partial charge in [-0.15, -0.1) is 0 Å². The van der Waals surface area contributed by atoms with E-state index in [0.717, 1.165) is 19.5 Å². The maximum absolute atomic E-state index is 12.2. The molecule has 0 aromatic heterocycles. The van der Waals surface area contributed by atoms with Gasteiger partial charge in [0.15, 0.2) is 0 Å². The standard InChI is InChI=1S/C16H25N3O3S/c1-17(2)23(21,22)19-10-8-16(20,13-19)12-18-9-7-14-5-3-4-6-15(14)11-18/h3-6,20H,7-13H2,1-2H3. The number of nitrogens with zero attached hydrogens (tertiary/aromatic N) is 3. The van der Waals surface area contributed by atoms with E-state index in [2.05, 4.69) is 23.1 Å². The van der Waals surface area contributed by atoms with Crippen molar-refractivity contribution in [1.82, 2.24) is 13.5 Å². The Morgan fingerprint density at radius 1 is 1.22 bits per heavy atom. The molecular weight excluding hydrogens is 314 g/mol. The van der Waals surface area contributed by atoms with E-state index in [1.165, 1.54) is 33.8 Å². The fraction of sp³-hybridized carbons (Fsp3) is 0.625. The van der Waals surface area contributed by atoms with E-state index in [1.54, 1.807) is 0 Å². The number of β-amino-alcohol motifs (C(OH)–C–C–N with tert-alkyl or cyclic N) is 1. The summed E-state index contributed by atoms with van der Waals surface area (Å²) in [4.78, 5) is 2.23. The molecule has 2 heterocycles. The molecule has 23 heavy (non-hydrogen) atoms. The lowest BCUT2D eigenvalue weighted by Crippen LogP contribution is -2.48. The average molecular weight is 339 g/mol. The Kier molecular flexibility index (Phi) is 4.50. The summed E-state index contributed by atoms with van der Waals surface area (Å²) in [7, 11) is -0.405. The van der Waals surface area contributed by atoms with Crippen LogP contribution in [0.1, 0.15) is 17.5 Å². The molecule has 0 bridgehead atoms. The molecule has 0 saturated carbocycles. The van der Waals surface area contributed by atoms with E-state index in [0.29, 0.717) is 19.5 Å². The minimum atomic E-state index is -3.45. The number of rotatable bonds is 4. The van der Waals surface area contributed by atoms with Crippen molar-refractivity contribution >= 4 is 10.2 Å². The third-order valence-corrected chi connectivity index (χ3v) is 6.70. The van der Waals surface area contributed by atoms with Crippen molar-refractivity contribution in [3.63, 3.8) is 0 Å². The zero-order valence-electron chi connectivity index (χ0n) is 13.8. The first kappa shape index (κ1) is 16.9. The quantitative estimate of drug-likeness (QED) is 0.856. The topological polar surface area (TPSA) is 64.1 Å². The predicted molar refractivity (Wildman–Crippen MR) is 89.2 cm³/mol. The van der Waals surface area contributed by atoms with Gasteiger partial charge >= 0.3 is 0 Å². The monoisotopic (exact) mass is 339 g/mol. The van der Waals surface area contributed by atoms with Crippen LogP contribution >= 0.6 is 0 Å². The van der Waals surface area contributed by atoms with Gasteiger partial charge in [-0.1, -0.05) is 24.3 Å². The molecule has 0 amide bonds. The molecule has 0 radical (unpaired) electrons. The van der Waals surface area contributed by atoms with Gasteiger partial charge in [0, 0.05) is 46.8 Å². The first-order valence-electron chi connectivity index (χ1n) is 7.99. The third-order valence-electron chi connectivity index (χ3n) is 4.81. The molecule has 0 spiro atoms. The van der Waals surface area contributed by atoms with Crippen molar-refractivity contribution < 1.29 is 13.5 Å². The summed E-state index contributed by atoms with van der Waals surface area (Å²) in [6, 6.07) is 8.38. The second-order valence-corrected chi connectivity index (χ2v) is 8.97. The molecule has 1 atom stereocenters. The molecule has 0 aliphatic carbocycles. The summed E-state index contributed by atoms with van der Waals surface area (Å²) in [6.07, 6.45) is 1.46. The summed E-state index contributed by atoms with van der Waals surface area (Å²) in [5.74, 6) is 0. The first-order valence-corrected chi connectivity index (χ1v) is 9.39. The zero-order valence-corrected chi connectivity index (χ0v) is 14.6. The summed E-state index contributed by atoms with van der Waals surface area (Å²) in [5.41, 5.74) is 1.71. The second-order valence-electron chi connectivity index (χ2n) is 6.83. The van der Waals surface area contributed by atoms with E-state index < -0.39 is 15.8 Å². The Morgan fingerprint density at radius 3 is 2.61 bits per heavy atom. The fourth-order valence-corrected chi connectivity index (χ4v) is 4.67. The number of aliphatic hydroxyl groups is 1. The Morgan fingerprint density at radius 2 is 1.91 bits per heavy atom. The lowest BCUT2D eigenvalue weighted by Gasteiger charge is -2.34. The number of hydrogen-bond acceptors (Lipinski definition) is 4. The number of benzene rings is 1. The van der Waals surface area contributed by atoms with Crippen LogP contribution in [0.3, 0.4) is 0 Å². The Balaban J connectivity index is 1.65. The number of fused-ring (bicyclic) bond motifs is 1. The molecule has 2 aliphatic heterocycles. The predicted octanol–water partition coefficient (Wildman–Crippen LogP) is 0.288. The molecule has 1 aromatic rings. The highest BCUT2D eigenvalue weighted by atomic mass is 32.2. The Bertz CT molecular complexity index is 677. The first-order chi connectivity index (χ1) is 10.8. The molecule has 3 rings (SSSR count). The van der Waals surface area contributed by atoms with E-state index in [9.17, 15) is 13.5 Å². The number of hydrogen-bond donors (Lipinski definition) is 1. The van der Waals surface area contributed by atoms with Gasteiger partial charge in [-0.2, -0.15) is 17.0 Å². The van der Waals surface area contributed by atoms with E-state index in [4.69, 9.17) is 0 Å². The van der Waals surface area contributed by atoms with Crippen molar-refractivity contribution in [2.24, 2.45) is 0 Å². The summed E-state index contributed by atoms with van der Waals surface area (Å²) >= 11 is 0. The van der Waals surface area contributed by atoms with Crippen LogP contribution in [0, 0.1) is 0 Å². The van der Waals surface area contributed by atoms with E-state index in [1.807, 2.05) is 6.07 Å². The molecule has 2 aliphatic rings. The van der Waals surface area contributed by atoms with Crippen LogP contribution in [-0.4, -0.2) is 72.9 Å². The molecule has 7 heteroatoms. The molecule has 6 nitrogen and oxygen atoms in total. The largest absolute Gasteiger partial charge is 0.387 e. The van der Waals surface area contributed by atoms with Gasteiger partial charge in [0.25, 0.3) is 10.2 Å². The van der Waals surface area contributed by atoms with E-state index in [-0.39, 0.29) is 6.54 Å². The maximum Gasteiger partial charge on any atom is 0.281 e. The molecule has 1 unspecified atom stereocenters. The molecule has 1 aromatic carbocycles. The molecule has 1 saturated heterocycles. The van der Waals surface area contributed by atoms with Gasteiger partial charge in [-0.25, -0.2) is 0 Å². The van der Waals surface area contributed by atoms with Crippen LogP contribution in [0.2, 0.25) is 0 Å². The SMILES string of the molecule is CN(C)S(=O)(=O)N1CCC(O)(CN2CCc3ccccc3C2)C1. The Hall–Kier alpha value is -0.990. The summed E-state index contributed by atoms with van der Waals surface area (Å²) in [5, 5.41) is 10.8. The van der Waals surface area contributed by atoms with Gasteiger partial charge in [0.05, 0.1) is 5.60 Å². The molecule has 128 valence electrons. The minimum absolute atomic E-state index is 0.172. The summed E-state index contributed by atoms with van der Waals surface area (Å²) < 4.78 is 27.0. The van der Waals surface area contributed by atoms with Crippen molar-refractivity contribution in [1.29, 1.82) is 0 Å². The van der Waals surface area contributed by atoms with Gasteiger partial charge in [-0.3, -0.25) is 4.90 Å². The maximum atomic E-state index is 12.2. The van der Waals surface area contributed by atoms with Crippen molar-refractivity contribution in [2.75, 3.05) is 40.3 Å². The van der Waals surface area contributed by atoms with Gasteiger partial charge in [0.2, 0.25) is 0 Å². The van der Waals surface area contributed by atoms with Gasteiger partial charge in [-0.05, 0) is 24.0 Å².